The van der Waals surface area contributed by atoms with E-state index in [1.807, 2.05) is 0 Å². The Hall–Kier alpha value is -1.60. The third-order valence-electron chi connectivity index (χ3n) is 2.45. The number of rotatable bonds is 2. The third-order valence-corrected chi connectivity index (χ3v) is 2.45. The summed E-state index contributed by atoms with van der Waals surface area (Å²) < 4.78 is 35.6. The molecule has 0 aliphatic carbocycles. The molecule has 1 saturated heterocycles. The predicted octanol–water partition coefficient (Wildman–Crippen LogP) is -0.288. The van der Waals surface area contributed by atoms with Crippen LogP contribution in [-0.2, 0) is 14.4 Å². The lowest BCUT2D eigenvalue weighted by atomic mass is 10.1. The molecule has 96 valence electrons. The molecule has 1 aliphatic heterocycles. The van der Waals surface area contributed by atoms with Gasteiger partial charge < -0.3 is 10.2 Å². The van der Waals surface area contributed by atoms with Crippen LogP contribution in [0.4, 0.5) is 13.2 Å². The molecular weight excluding hydrogens is 241 g/mol. The van der Waals surface area contributed by atoms with Crippen LogP contribution in [0.5, 0.6) is 0 Å². The van der Waals surface area contributed by atoms with E-state index in [-0.39, 0.29) is 24.8 Å². The number of likely N-dealkylation sites (tertiary alicyclic amines) is 1. The lowest BCUT2D eigenvalue weighted by Gasteiger charge is -2.13. The van der Waals surface area contributed by atoms with Gasteiger partial charge in [0, 0.05) is 20.0 Å². The summed E-state index contributed by atoms with van der Waals surface area (Å²) >= 11 is 0. The van der Waals surface area contributed by atoms with Crippen LogP contribution in [0.25, 0.3) is 0 Å². The summed E-state index contributed by atoms with van der Waals surface area (Å²) in [6.07, 6.45) is -4.96. The number of Topliss-reactive ketones (excluding diaryl/α,β-unsaturated/α-hetero) is 1. The zero-order valence-electron chi connectivity index (χ0n) is 9.00. The largest absolute Gasteiger partial charge is 0.471 e. The van der Waals surface area contributed by atoms with Crippen molar-refractivity contribution in [1.82, 2.24) is 10.2 Å². The molecule has 0 saturated carbocycles. The first-order valence-electron chi connectivity index (χ1n) is 4.85. The fraction of sp³-hybridized carbons (Fsp3) is 0.667. The van der Waals surface area contributed by atoms with Crippen LogP contribution in [0.3, 0.4) is 0 Å². The van der Waals surface area contributed by atoms with Crippen LogP contribution in [0.1, 0.15) is 6.92 Å². The standard InChI is InChI=1S/C9H11F3N2O3/c1-5(15)14-3-6(7(16)4-14)2-13-8(17)9(10,11)12/h6H,2-4H2,1H3,(H,13,17). The van der Waals surface area contributed by atoms with Crippen LogP contribution in [0.2, 0.25) is 0 Å². The second-order valence-electron chi connectivity index (χ2n) is 3.77. The normalized spacial score (nSPS) is 20.6. The van der Waals surface area contributed by atoms with Crippen molar-refractivity contribution in [3.8, 4) is 0 Å². The van der Waals surface area contributed by atoms with Crippen LogP contribution < -0.4 is 5.32 Å². The van der Waals surface area contributed by atoms with Crippen molar-refractivity contribution < 1.29 is 27.6 Å². The summed E-state index contributed by atoms with van der Waals surface area (Å²) in [5.41, 5.74) is 0. The molecule has 0 aromatic carbocycles. The number of hydrogen-bond donors (Lipinski definition) is 1. The van der Waals surface area contributed by atoms with E-state index in [4.69, 9.17) is 0 Å². The molecule has 1 aliphatic rings. The zero-order valence-corrected chi connectivity index (χ0v) is 9.00. The summed E-state index contributed by atoms with van der Waals surface area (Å²) in [7, 11) is 0. The maximum atomic E-state index is 11.9. The average Bonchev–Trinajstić information content (AvgIpc) is 2.55. The van der Waals surface area contributed by atoms with Gasteiger partial charge in [0.1, 0.15) is 0 Å². The minimum Gasteiger partial charge on any atom is -0.347 e. The molecule has 17 heavy (non-hydrogen) atoms. The summed E-state index contributed by atoms with van der Waals surface area (Å²) in [6.45, 7) is 0.805. The molecule has 1 N–H and O–H groups in total. The second kappa shape index (κ2) is 4.72. The fourth-order valence-corrected chi connectivity index (χ4v) is 1.48. The Balaban J connectivity index is 2.46. The SMILES string of the molecule is CC(=O)N1CC(=O)C(CNC(=O)C(F)(F)F)C1. The smallest absolute Gasteiger partial charge is 0.347 e. The number of hydrogen-bond acceptors (Lipinski definition) is 3. The molecule has 8 heteroatoms. The minimum absolute atomic E-state index is 0.0479. The van der Waals surface area contributed by atoms with Gasteiger partial charge in [-0.15, -0.1) is 0 Å². The summed E-state index contributed by atoms with van der Waals surface area (Å²) in [5, 5.41) is 1.63. The minimum atomic E-state index is -4.96. The Morgan fingerprint density at radius 3 is 2.47 bits per heavy atom. The third kappa shape index (κ3) is 3.43. The molecule has 5 nitrogen and oxygen atoms in total. The van der Waals surface area contributed by atoms with E-state index in [2.05, 4.69) is 0 Å². The summed E-state index contributed by atoms with van der Waals surface area (Å²) in [5.74, 6) is -3.50. The second-order valence-corrected chi connectivity index (χ2v) is 3.77. The monoisotopic (exact) mass is 252 g/mol. The van der Waals surface area contributed by atoms with Crippen molar-refractivity contribution >= 4 is 17.6 Å². The Bertz CT molecular complexity index is 354. The van der Waals surface area contributed by atoms with Crippen molar-refractivity contribution in [1.29, 1.82) is 0 Å². The van der Waals surface area contributed by atoms with Crippen LogP contribution in [-0.4, -0.2) is 48.3 Å². The van der Waals surface area contributed by atoms with E-state index in [0.29, 0.717) is 0 Å². The molecule has 1 fully saturated rings. The summed E-state index contributed by atoms with van der Waals surface area (Å²) in [4.78, 5) is 34.0. The molecular formula is C9H11F3N2O3. The first-order valence-corrected chi connectivity index (χ1v) is 4.85. The van der Waals surface area contributed by atoms with E-state index in [1.54, 1.807) is 5.32 Å². The maximum absolute atomic E-state index is 11.9. The van der Waals surface area contributed by atoms with Gasteiger partial charge >= 0.3 is 12.1 Å². The highest BCUT2D eigenvalue weighted by atomic mass is 19.4. The number of carbonyl (C=O) groups excluding carboxylic acids is 3. The zero-order chi connectivity index (χ0) is 13.2. The van der Waals surface area contributed by atoms with Crippen molar-refractivity contribution in [2.45, 2.75) is 13.1 Å². The highest BCUT2D eigenvalue weighted by Crippen LogP contribution is 2.16. The lowest BCUT2D eigenvalue weighted by Crippen LogP contribution is -2.41. The molecule has 1 heterocycles. The van der Waals surface area contributed by atoms with Gasteiger partial charge in [0.05, 0.1) is 12.5 Å². The number of alkyl halides is 3. The highest BCUT2D eigenvalue weighted by molar-refractivity contribution is 5.91. The highest BCUT2D eigenvalue weighted by Gasteiger charge is 2.40. The number of nitrogens with one attached hydrogen (secondary N) is 1. The van der Waals surface area contributed by atoms with Gasteiger partial charge in [-0.25, -0.2) is 0 Å². The number of halogens is 3. The van der Waals surface area contributed by atoms with Gasteiger partial charge in [-0.3, -0.25) is 14.4 Å². The van der Waals surface area contributed by atoms with Crippen molar-refractivity contribution in [2.24, 2.45) is 5.92 Å². The predicted molar refractivity (Wildman–Crippen MR) is 49.8 cm³/mol. The molecule has 0 radical (unpaired) electrons. The maximum Gasteiger partial charge on any atom is 0.471 e. The number of carbonyl (C=O) groups is 3. The number of amides is 2. The lowest BCUT2D eigenvalue weighted by molar-refractivity contribution is -0.173. The Kier molecular flexibility index (Phi) is 3.74. The van der Waals surface area contributed by atoms with Crippen LogP contribution in [0, 0.1) is 5.92 Å². The first kappa shape index (κ1) is 13.5. The molecule has 0 spiro atoms. The van der Waals surface area contributed by atoms with Gasteiger partial charge in [-0.2, -0.15) is 13.2 Å². The molecule has 1 atom stereocenters. The van der Waals surface area contributed by atoms with Crippen molar-refractivity contribution in [2.75, 3.05) is 19.6 Å². The van der Waals surface area contributed by atoms with E-state index in [0.717, 1.165) is 0 Å². The van der Waals surface area contributed by atoms with E-state index in [1.165, 1.54) is 11.8 Å². The van der Waals surface area contributed by atoms with Gasteiger partial charge in [-0.05, 0) is 0 Å². The van der Waals surface area contributed by atoms with E-state index < -0.39 is 24.5 Å². The molecule has 1 unspecified atom stereocenters. The van der Waals surface area contributed by atoms with Gasteiger partial charge in [-0.1, -0.05) is 0 Å². The van der Waals surface area contributed by atoms with Gasteiger partial charge in [0.15, 0.2) is 5.78 Å². The Morgan fingerprint density at radius 1 is 1.47 bits per heavy atom. The van der Waals surface area contributed by atoms with Gasteiger partial charge in [0.2, 0.25) is 5.91 Å². The Labute approximate surface area is 94.9 Å². The van der Waals surface area contributed by atoms with E-state index in [9.17, 15) is 27.6 Å². The number of ketones is 1. The average molecular weight is 252 g/mol. The van der Waals surface area contributed by atoms with Gasteiger partial charge in [0.25, 0.3) is 0 Å². The van der Waals surface area contributed by atoms with Crippen molar-refractivity contribution in [3.63, 3.8) is 0 Å². The quantitative estimate of drug-likeness (QED) is 0.734. The Morgan fingerprint density at radius 2 is 2.06 bits per heavy atom. The molecule has 0 aromatic heterocycles. The molecule has 0 aromatic rings. The number of nitrogens with zero attached hydrogens (tertiary/aromatic N) is 1. The molecule has 1 rings (SSSR count). The first-order chi connectivity index (χ1) is 7.71. The van der Waals surface area contributed by atoms with Crippen molar-refractivity contribution in [3.05, 3.63) is 0 Å². The fourth-order valence-electron chi connectivity index (χ4n) is 1.48. The van der Waals surface area contributed by atoms with Crippen LogP contribution >= 0.6 is 0 Å². The molecule has 0 bridgehead atoms. The molecule has 2 amide bonds. The van der Waals surface area contributed by atoms with Crippen LogP contribution in [0.15, 0.2) is 0 Å². The van der Waals surface area contributed by atoms with E-state index >= 15 is 0 Å². The topological polar surface area (TPSA) is 66.5 Å². The summed E-state index contributed by atoms with van der Waals surface area (Å²) in [6, 6.07) is 0.